The summed E-state index contributed by atoms with van der Waals surface area (Å²) in [5, 5.41) is 3.58. The Kier molecular flexibility index (Phi) is 2.66. The van der Waals surface area contributed by atoms with Gasteiger partial charge < -0.3 is 10.1 Å². The summed E-state index contributed by atoms with van der Waals surface area (Å²) in [6, 6.07) is 0.747. The van der Waals surface area contributed by atoms with E-state index in [4.69, 9.17) is 4.74 Å². The van der Waals surface area contributed by atoms with E-state index in [1.807, 2.05) is 0 Å². The summed E-state index contributed by atoms with van der Waals surface area (Å²) in [4.78, 5) is 0. The molecular weight excluding hydrogens is 150 g/mol. The van der Waals surface area contributed by atoms with Crippen LogP contribution < -0.4 is 5.32 Å². The lowest BCUT2D eigenvalue weighted by Crippen LogP contribution is -2.42. The van der Waals surface area contributed by atoms with Gasteiger partial charge in [0.25, 0.3) is 0 Å². The Hall–Kier alpha value is -0.0800. The van der Waals surface area contributed by atoms with E-state index in [0.717, 1.165) is 25.1 Å². The number of hydrogen-bond acceptors (Lipinski definition) is 2. The highest BCUT2D eigenvalue weighted by molar-refractivity contribution is 4.90. The molecule has 1 heterocycles. The Morgan fingerprint density at radius 3 is 3.08 bits per heavy atom. The van der Waals surface area contributed by atoms with E-state index in [1.165, 1.54) is 25.7 Å². The second-order valence-electron chi connectivity index (χ2n) is 3.96. The van der Waals surface area contributed by atoms with Crippen LogP contribution >= 0.6 is 0 Å². The number of ether oxygens (including phenoxy) is 1. The molecular formula is C10H19NO. The zero-order chi connectivity index (χ0) is 8.39. The van der Waals surface area contributed by atoms with E-state index in [2.05, 4.69) is 12.2 Å². The predicted octanol–water partition coefficient (Wildman–Crippen LogP) is 1.55. The Morgan fingerprint density at radius 2 is 2.25 bits per heavy atom. The third-order valence-corrected chi connectivity index (χ3v) is 3.25. The predicted molar refractivity (Wildman–Crippen MR) is 49.2 cm³/mol. The van der Waals surface area contributed by atoms with Gasteiger partial charge in [0, 0.05) is 18.6 Å². The van der Waals surface area contributed by atoms with Crippen molar-refractivity contribution in [3.05, 3.63) is 0 Å². The minimum absolute atomic E-state index is 0.586. The van der Waals surface area contributed by atoms with Gasteiger partial charge in [0.1, 0.15) is 0 Å². The van der Waals surface area contributed by atoms with Crippen LogP contribution in [-0.2, 0) is 4.74 Å². The van der Waals surface area contributed by atoms with Crippen LogP contribution in [0.2, 0.25) is 0 Å². The van der Waals surface area contributed by atoms with Crippen molar-refractivity contribution in [1.29, 1.82) is 0 Å². The van der Waals surface area contributed by atoms with Crippen molar-refractivity contribution in [2.24, 2.45) is 5.92 Å². The fraction of sp³-hybridized carbons (Fsp3) is 1.00. The number of nitrogens with one attached hydrogen (secondary N) is 1. The van der Waals surface area contributed by atoms with Crippen molar-refractivity contribution in [3.8, 4) is 0 Å². The molecule has 12 heavy (non-hydrogen) atoms. The molecule has 2 aliphatic rings. The highest BCUT2D eigenvalue weighted by Gasteiger charge is 2.36. The molecule has 0 aromatic carbocycles. The maximum Gasteiger partial charge on any atom is 0.0619 e. The largest absolute Gasteiger partial charge is 0.378 e. The third-order valence-electron chi connectivity index (χ3n) is 3.25. The summed E-state index contributed by atoms with van der Waals surface area (Å²) in [6.45, 7) is 4.30. The fourth-order valence-corrected chi connectivity index (χ4v) is 2.69. The van der Waals surface area contributed by atoms with Gasteiger partial charge >= 0.3 is 0 Å². The molecule has 2 heteroatoms. The van der Waals surface area contributed by atoms with E-state index < -0.39 is 0 Å². The van der Waals surface area contributed by atoms with Gasteiger partial charge in [-0.1, -0.05) is 6.92 Å². The Morgan fingerprint density at radius 1 is 1.33 bits per heavy atom. The summed E-state index contributed by atoms with van der Waals surface area (Å²) in [5.74, 6) is 0.818. The Labute approximate surface area is 74.7 Å². The highest BCUT2D eigenvalue weighted by atomic mass is 16.5. The lowest BCUT2D eigenvalue weighted by Gasteiger charge is -2.33. The van der Waals surface area contributed by atoms with Crippen LogP contribution in [0.1, 0.15) is 32.6 Å². The molecule has 0 spiro atoms. The first-order valence-corrected chi connectivity index (χ1v) is 5.27. The van der Waals surface area contributed by atoms with Gasteiger partial charge in [-0.15, -0.1) is 0 Å². The van der Waals surface area contributed by atoms with E-state index in [9.17, 15) is 0 Å². The zero-order valence-electron chi connectivity index (χ0n) is 7.88. The molecule has 3 atom stereocenters. The van der Waals surface area contributed by atoms with Crippen molar-refractivity contribution in [3.63, 3.8) is 0 Å². The van der Waals surface area contributed by atoms with Crippen LogP contribution in [0.15, 0.2) is 0 Å². The van der Waals surface area contributed by atoms with Crippen LogP contribution in [0.3, 0.4) is 0 Å². The number of hydrogen-bond donors (Lipinski definition) is 1. The van der Waals surface area contributed by atoms with Crippen molar-refractivity contribution in [1.82, 2.24) is 5.32 Å². The maximum atomic E-state index is 5.69. The fourth-order valence-electron chi connectivity index (χ4n) is 2.69. The van der Waals surface area contributed by atoms with Gasteiger partial charge in [-0.3, -0.25) is 0 Å². The van der Waals surface area contributed by atoms with Crippen LogP contribution in [-0.4, -0.2) is 25.3 Å². The molecule has 1 aliphatic heterocycles. The summed E-state index contributed by atoms with van der Waals surface area (Å²) < 4.78 is 5.69. The molecule has 0 bridgehead atoms. The average molecular weight is 169 g/mol. The molecule has 1 saturated heterocycles. The first-order valence-electron chi connectivity index (χ1n) is 5.27. The normalized spacial score (nSPS) is 41.2. The molecule has 0 radical (unpaired) electrons. The minimum Gasteiger partial charge on any atom is -0.378 e. The van der Waals surface area contributed by atoms with Crippen molar-refractivity contribution in [2.75, 3.05) is 13.2 Å². The molecule has 0 aromatic heterocycles. The molecule has 70 valence electrons. The minimum atomic E-state index is 0.586. The quantitative estimate of drug-likeness (QED) is 0.677. The molecule has 2 rings (SSSR count). The van der Waals surface area contributed by atoms with Crippen LogP contribution in [0.25, 0.3) is 0 Å². The molecule has 2 nitrogen and oxygen atoms in total. The topological polar surface area (TPSA) is 21.3 Å². The molecule has 0 amide bonds. The summed E-state index contributed by atoms with van der Waals surface area (Å²) in [5.41, 5.74) is 0. The van der Waals surface area contributed by atoms with E-state index >= 15 is 0 Å². The highest BCUT2D eigenvalue weighted by Crippen LogP contribution is 2.34. The molecule has 1 N–H and O–H groups in total. The molecule has 1 saturated carbocycles. The van der Waals surface area contributed by atoms with Gasteiger partial charge in [0.2, 0.25) is 0 Å². The van der Waals surface area contributed by atoms with Gasteiger partial charge in [-0.05, 0) is 32.2 Å². The summed E-state index contributed by atoms with van der Waals surface area (Å²) in [7, 11) is 0. The second-order valence-corrected chi connectivity index (χ2v) is 3.96. The van der Waals surface area contributed by atoms with Crippen LogP contribution in [0, 0.1) is 5.92 Å². The van der Waals surface area contributed by atoms with Crippen molar-refractivity contribution < 1.29 is 4.74 Å². The molecule has 1 aliphatic carbocycles. The Bertz CT molecular complexity index is 147. The SMILES string of the molecule is CCN[C@@H]1CCC[C@@H]2OCC[C@@H]21. The van der Waals surface area contributed by atoms with Crippen LogP contribution in [0.4, 0.5) is 0 Å². The number of fused-ring (bicyclic) bond motifs is 1. The molecule has 2 fully saturated rings. The monoisotopic (exact) mass is 169 g/mol. The lowest BCUT2D eigenvalue weighted by atomic mass is 9.82. The Balaban J connectivity index is 1.94. The summed E-state index contributed by atoms with van der Waals surface area (Å²) in [6.07, 6.45) is 5.87. The van der Waals surface area contributed by atoms with Crippen molar-refractivity contribution in [2.45, 2.75) is 44.8 Å². The first kappa shape index (κ1) is 8.52. The van der Waals surface area contributed by atoms with Gasteiger partial charge in [-0.2, -0.15) is 0 Å². The van der Waals surface area contributed by atoms with Crippen LogP contribution in [0.5, 0.6) is 0 Å². The zero-order valence-corrected chi connectivity index (χ0v) is 7.88. The summed E-state index contributed by atoms with van der Waals surface area (Å²) >= 11 is 0. The van der Waals surface area contributed by atoms with Crippen molar-refractivity contribution >= 4 is 0 Å². The van der Waals surface area contributed by atoms with E-state index in [-0.39, 0.29) is 0 Å². The van der Waals surface area contributed by atoms with E-state index in [1.54, 1.807) is 0 Å². The smallest absolute Gasteiger partial charge is 0.0619 e. The second kappa shape index (κ2) is 3.75. The van der Waals surface area contributed by atoms with Gasteiger partial charge in [0.15, 0.2) is 0 Å². The first-order chi connectivity index (χ1) is 5.92. The van der Waals surface area contributed by atoms with E-state index in [0.29, 0.717) is 6.10 Å². The molecule has 0 aromatic rings. The standard InChI is InChI=1S/C10H19NO/c1-2-11-9-4-3-5-10-8(9)6-7-12-10/h8-11H,2-7H2,1H3/t8-,9-,10+/m1/s1. The lowest BCUT2D eigenvalue weighted by molar-refractivity contribution is 0.0536. The van der Waals surface area contributed by atoms with Gasteiger partial charge in [-0.25, -0.2) is 0 Å². The average Bonchev–Trinajstić information content (AvgIpc) is 2.53. The molecule has 0 unspecified atom stereocenters. The third kappa shape index (κ3) is 1.50. The van der Waals surface area contributed by atoms with Gasteiger partial charge in [0.05, 0.1) is 6.10 Å². The maximum absolute atomic E-state index is 5.69. The number of rotatable bonds is 2.